The SMILES string of the molecule is CCOCCCC(=O)N(C)CC(C)(C)CN.Cl. The highest BCUT2D eigenvalue weighted by Gasteiger charge is 2.20. The summed E-state index contributed by atoms with van der Waals surface area (Å²) in [5, 5.41) is 0. The molecule has 0 radical (unpaired) electrons. The molecule has 0 rings (SSSR count). The summed E-state index contributed by atoms with van der Waals surface area (Å²) in [6, 6.07) is 0. The summed E-state index contributed by atoms with van der Waals surface area (Å²) in [6.45, 7) is 8.76. The summed E-state index contributed by atoms with van der Waals surface area (Å²) in [4.78, 5) is 13.5. The lowest BCUT2D eigenvalue weighted by Crippen LogP contribution is -2.39. The van der Waals surface area contributed by atoms with Crippen LogP contribution in [0.4, 0.5) is 0 Å². The van der Waals surface area contributed by atoms with Crippen molar-refractivity contribution in [3.05, 3.63) is 0 Å². The maximum atomic E-state index is 11.7. The molecule has 0 fully saturated rings. The van der Waals surface area contributed by atoms with Gasteiger partial charge in [-0.3, -0.25) is 4.79 Å². The lowest BCUT2D eigenvalue weighted by molar-refractivity contribution is -0.131. The standard InChI is InChI=1S/C12H26N2O2.ClH/c1-5-16-8-6-7-11(15)14(4)10-12(2,3)9-13;/h5-10,13H2,1-4H3;1H. The fourth-order valence-electron chi connectivity index (χ4n) is 1.46. The lowest BCUT2D eigenvalue weighted by atomic mass is 9.93. The third-order valence-electron chi connectivity index (χ3n) is 2.53. The van der Waals surface area contributed by atoms with Crippen LogP contribution in [0.15, 0.2) is 0 Å². The lowest BCUT2D eigenvalue weighted by Gasteiger charge is -2.29. The molecule has 0 unspecified atom stereocenters. The van der Waals surface area contributed by atoms with Crippen LogP contribution >= 0.6 is 12.4 Å². The highest BCUT2D eigenvalue weighted by Crippen LogP contribution is 2.14. The number of amides is 1. The Morgan fingerprint density at radius 1 is 1.41 bits per heavy atom. The van der Waals surface area contributed by atoms with Crippen LogP contribution in [0.5, 0.6) is 0 Å². The van der Waals surface area contributed by atoms with Gasteiger partial charge in [-0.05, 0) is 25.3 Å². The highest BCUT2D eigenvalue weighted by molar-refractivity contribution is 5.85. The van der Waals surface area contributed by atoms with Crippen molar-refractivity contribution in [1.29, 1.82) is 0 Å². The predicted molar refractivity (Wildman–Crippen MR) is 73.4 cm³/mol. The van der Waals surface area contributed by atoms with Gasteiger partial charge in [0.1, 0.15) is 0 Å². The van der Waals surface area contributed by atoms with Gasteiger partial charge in [-0.15, -0.1) is 12.4 Å². The molecule has 0 heterocycles. The maximum Gasteiger partial charge on any atom is 0.222 e. The van der Waals surface area contributed by atoms with Gasteiger partial charge >= 0.3 is 0 Å². The zero-order chi connectivity index (χ0) is 12.6. The number of rotatable bonds is 8. The van der Waals surface area contributed by atoms with E-state index in [-0.39, 0.29) is 23.7 Å². The zero-order valence-electron chi connectivity index (χ0n) is 11.5. The summed E-state index contributed by atoms with van der Waals surface area (Å²) in [5.74, 6) is 0.168. The van der Waals surface area contributed by atoms with E-state index in [1.54, 1.807) is 4.90 Å². The fraction of sp³-hybridized carbons (Fsp3) is 0.917. The van der Waals surface area contributed by atoms with Crippen LogP contribution in [0, 0.1) is 5.41 Å². The Morgan fingerprint density at radius 2 is 2.00 bits per heavy atom. The van der Waals surface area contributed by atoms with Gasteiger partial charge in [-0.2, -0.15) is 0 Å². The molecule has 1 amide bonds. The van der Waals surface area contributed by atoms with Gasteiger partial charge in [0.05, 0.1) is 0 Å². The highest BCUT2D eigenvalue weighted by atomic mass is 35.5. The Hall–Kier alpha value is -0.320. The van der Waals surface area contributed by atoms with Crippen LogP contribution in [0.2, 0.25) is 0 Å². The Kier molecular flexibility index (Phi) is 10.8. The molecule has 0 aromatic heterocycles. The first-order chi connectivity index (χ1) is 7.43. The average Bonchev–Trinajstić information content (AvgIpc) is 2.23. The Balaban J connectivity index is 0. The van der Waals surface area contributed by atoms with E-state index < -0.39 is 0 Å². The number of halogens is 1. The van der Waals surface area contributed by atoms with Gasteiger partial charge < -0.3 is 15.4 Å². The van der Waals surface area contributed by atoms with Crippen LogP contribution < -0.4 is 5.73 Å². The first-order valence-corrected chi connectivity index (χ1v) is 5.94. The molecule has 17 heavy (non-hydrogen) atoms. The summed E-state index contributed by atoms with van der Waals surface area (Å²) in [5.41, 5.74) is 5.63. The second-order valence-electron chi connectivity index (χ2n) is 4.92. The fourth-order valence-corrected chi connectivity index (χ4v) is 1.46. The van der Waals surface area contributed by atoms with E-state index in [9.17, 15) is 4.79 Å². The molecule has 0 aliphatic heterocycles. The van der Waals surface area contributed by atoms with Crippen molar-refractivity contribution in [2.45, 2.75) is 33.6 Å². The van der Waals surface area contributed by atoms with E-state index in [1.807, 2.05) is 14.0 Å². The molecular formula is C12H27ClN2O2. The van der Waals surface area contributed by atoms with E-state index in [0.29, 0.717) is 32.7 Å². The van der Waals surface area contributed by atoms with Crippen molar-refractivity contribution in [2.75, 3.05) is 33.4 Å². The predicted octanol–water partition coefficient (Wildman–Crippen LogP) is 1.67. The number of hydrogen-bond donors (Lipinski definition) is 1. The van der Waals surface area contributed by atoms with Gasteiger partial charge in [0.25, 0.3) is 0 Å². The minimum absolute atomic E-state index is 0. The van der Waals surface area contributed by atoms with E-state index in [2.05, 4.69) is 13.8 Å². The largest absolute Gasteiger partial charge is 0.382 e. The molecule has 0 aliphatic rings. The molecular weight excluding hydrogens is 240 g/mol. The van der Waals surface area contributed by atoms with Crippen LogP contribution in [0.1, 0.15) is 33.6 Å². The molecule has 4 nitrogen and oxygen atoms in total. The van der Waals surface area contributed by atoms with E-state index in [4.69, 9.17) is 10.5 Å². The van der Waals surface area contributed by atoms with Crippen LogP contribution in [0.25, 0.3) is 0 Å². The van der Waals surface area contributed by atoms with Gasteiger partial charge in [0.2, 0.25) is 5.91 Å². The number of nitrogens with two attached hydrogens (primary N) is 1. The Bertz CT molecular complexity index is 211. The summed E-state index contributed by atoms with van der Waals surface area (Å²) in [6.07, 6.45) is 1.34. The second kappa shape index (κ2) is 9.68. The molecule has 0 spiro atoms. The smallest absolute Gasteiger partial charge is 0.222 e. The summed E-state index contributed by atoms with van der Waals surface area (Å²) in [7, 11) is 1.83. The zero-order valence-corrected chi connectivity index (χ0v) is 12.3. The first-order valence-electron chi connectivity index (χ1n) is 5.94. The minimum Gasteiger partial charge on any atom is -0.382 e. The van der Waals surface area contributed by atoms with Gasteiger partial charge in [0, 0.05) is 33.2 Å². The Morgan fingerprint density at radius 3 is 2.47 bits per heavy atom. The minimum atomic E-state index is -0.00959. The first kappa shape index (κ1) is 19.0. The molecule has 104 valence electrons. The molecule has 0 aliphatic carbocycles. The summed E-state index contributed by atoms with van der Waals surface area (Å²) < 4.78 is 5.19. The quantitative estimate of drug-likeness (QED) is 0.680. The van der Waals surface area contributed by atoms with Crippen LogP contribution in [-0.4, -0.2) is 44.2 Å². The number of carbonyl (C=O) groups is 1. The normalized spacial score (nSPS) is 10.9. The molecule has 0 atom stereocenters. The maximum absolute atomic E-state index is 11.7. The van der Waals surface area contributed by atoms with Crippen LogP contribution in [0.3, 0.4) is 0 Å². The van der Waals surface area contributed by atoms with Crippen LogP contribution in [-0.2, 0) is 9.53 Å². The molecule has 0 aromatic carbocycles. The van der Waals surface area contributed by atoms with E-state index >= 15 is 0 Å². The van der Waals surface area contributed by atoms with Crippen molar-refractivity contribution < 1.29 is 9.53 Å². The van der Waals surface area contributed by atoms with E-state index in [0.717, 1.165) is 6.42 Å². The second-order valence-corrected chi connectivity index (χ2v) is 4.92. The van der Waals surface area contributed by atoms with Crippen molar-refractivity contribution >= 4 is 18.3 Å². The molecule has 5 heteroatoms. The van der Waals surface area contributed by atoms with Gasteiger partial charge in [-0.25, -0.2) is 0 Å². The number of nitrogens with zero attached hydrogens (tertiary/aromatic N) is 1. The monoisotopic (exact) mass is 266 g/mol. The third kappa shape index (κ3) is 9.39. The van der Waals surface area contributed by atoms with Crippen molar-refractivity contribution in [3.63, 3.8) is 0 Å². The average molecular weight is 267 g/mol. The Labute approximate surface area is 111 Å². The molecule has 0 aromatic rings. The molecule has 2 N–H and O–H groups in total. The molecule has 0 bridgehead atoms. The van der Waals surface area contributed by atoms with Gasteiger partial charge in [-0.1, -0.05) is 13.8 Å². The number of ether oxygens (including phenoxy) is 1. The van der Waals surface area contributed by atoms with Crippen molar-refractivity contribution in [2.24, 2.45) is 11.1 Å². The van der Waals surface area contributed by atoms with Crippen molar-refractivity contribution in [1.82, 2.24) is 4.90 Å². The van der Waals surface area contributed by atoms with Gasteiger partial charge in [0.15, 0.2) is 0 Å². The molecule has 0 saturated heterocycles. The summed E-state index contributed by atoms with van der Waals surface area (Å²) >= 11 is 0. The van der Waals surface area contributed by atoms with E-state index in [1.165, 1.54) is 0 Å². The van der Waals surface area contributed by atoms with Crippen molar-refractivity contribution in [3.8, 4) is 0 Å². The third-order valence-corrected chi connectivity index (χ3v) is 2.53. The topological polar surface area (TPSA) is 55.6 Å². The molecule has 0 saturated carbocycles. The number of carbonyl (C=O) groups excluding carboxylic acids is 1. The number of hydrogen-bond acceptors (Lipinski definition) is 3.